The standard InChI is InChI=1S/C14H15F2N3/c1-19(2)14-3-4-17-9-13(14)18-8-10-5-11(15)7-12(16)6-10/h3-7,9,18H,8H2,1-2H3. The van der Waals surface area contributed by atoms with Crippen molar-refractivity contribution in [1.82, 2.24) is 4.98 Å². The number of nitrogens with one attached hydrogen (secondary N) is 1. The molecule has 0 radical (unpaired) electrons. The topological polar surface area (TPSA) is 28.2 Å². The zero-order chi connectivity index (χ0) is 13.8. The number of aromatic nitrogens is 1. The molecule has 2 aromatic rings. The number of pyridine rings is 1. The van der Waals surface area contributed by atoms with Crippen LogP contribution in [0.4, 0.5) is 20.2 Å². The number of hydrogen-bond donors (Lipinski definition) is 1. The Morgan fingerprint density at radius 2 is 1.84 bits per heavy atom. The molecule has 19 heavy (non-hydrogen) atoms. The van der Waals surface area contributed by atoms with Crippen molar-refractivity contribution in [2.45, 2.75) is 6.54 Å². The van der Waals surface area contributed by atoms with Crippen molar-refractivity contribution in [3.8, 4) is 0 Å². The molecule has 1 N–H and O–H groups in total. The van der Waals surface area contributed by atoms with Gasteiger partial charge < -0.3 is 10.2 Å². The van der Waals surface area contributed by atoms with Crippen molar-refractivity contribution in [2.75, 3.05) is 24.3 Å². The zero-order valence-electron chi connectivity index (χ0n) is 10.8. The van der Waals surface area contributed by atoms with Crippen LogP contribution in [0.5, 0.6) is 0 Å². The highest BCUT2D eigenvalue weighted by atomic mass is 19.1. The van der Waals surface area contributed by atoms with E-state index in [9.17, 15) is 8.78 Å². The first-order chi connectivity index (χ1) is 9.06. The summed E-state index contributed by atoms with van der Waals surface area (Å²) in [5.74, 6) is -1.15. The van der Waals surface area contributed by atoms with Crippen LogP contribution < -0.4 is 10.2 Å². The molecule has 5 heteroatoms. The van der Waals surface area contributed by atoms with Crippen molar-refractivity contribution in [1.29, 1.82) is 0 Å². The SMILES string of the molecule is CN(C)c1ccncc1NCc1cc(F)cc(F)c1. The van der Waals surface area contributed by atoms with E-state index in [-0.39, 0.29) is 0 Å². The third-order valence-electron chi connectivity index (χ3n) is 2.69. The second kappa shape index (κ2) is 5.65. The monoisotopic (exact) mass is 263 g/mol. The molecule has 1 heterocycles. The van der Waals surface area contributed by atoms with Crippen LogP contribution in [0, 0.1) is 11.6 Å². The van der Waals surface area contributed by atoms with Crippen LogP contribution >= 0.6 is 0 Å². The highest BCUT2D eigenvalue weighted by Gasteiger charge is 2.05. The number of hydrogen-bond acceptors (Lipinski definition) is 3. The molecular formula is C14H15F2N3. The van der Waals surface area contributed by atoms with E-state index in [1.165, 1.54) is 12.1 Å². The molecule has 0 aliphatic heterocycles. The van der Waals surface area contributed by atoms with Gasteiger partial charge in [-0.05, 0) is 23.8 Å². The molecule has 3 nitrogen and oxygen atoms in total. The fourth-order valence-electron chi connectivity index (χ4n) is 1.82. The molecule has 0 spiro atoms. The third-order valence-corrected chi connectivity index (χ3v) is 2.69. The average molecular weight is 263 g/mol. The first-order valence-electron chi connectivity index (χ1n) is 5.86. The molecule has 0 saturated heterocycles. The van der Waals surface area contributed by atoms with E-state index in [1.54, 1.807) is 12.4 Å². The molecule has 0 fully saturated rings. The lowest BCUT2D eigenvalue weighted by Crippen LogP contribution is -2.12. The Morgan fingerprint density at radius 1 is 1.16 bits per heavy atom. The van der Waals surface area contributed by atoms with E-state index < -0.39 is 11.6 Å². The summed E-state index contributed by atoms with van der Waals surface area (Å²) in [6, 6.07) is 5.34. The summed E-state index contributed by atoms with van der Waals surface area (Å²) in [6.45, 7) is 0.335. The molecule has 0 aliphatic rings. The summed E-state index contributed by atoms with van der Waals surface area (Å²) in [7, 11) is 3.84. The Morgan fingerprint density at radius 3 is 2.47 bits per heavy atom. The minimum absolute atomic E-state index is 0.335. The number of benzene rings is 1. The van der Waals surface area contributed by atoms with Gasteiger partial charge in [-0.3, -0.25) is 4.98 Å². The summed E-state index contributed by atoms with van der Waals surface area (Å²) >= 11 is 0. The maximum atomic E-state index is 13.1. The Bertz CT molecular complexity index is 550. The Hall–Kier alpha value is -2.17. The Labute approximate surface area is 110 Å². The maximum absolute atomic E-state index is 13.1. The van der Waals surface area contributed by atoms with Crippen LogP contribution in [0.1, 0.15) is 5.56 Å². The summed E-state index contributed by atoms with van der Waals surface area (Å²) in [6.07, 6.45) is 3.38. The molecule has 100 valence electrons. The van der Waals surface area contributed by atoms with Crippen molar-refractivity contribution in [3.63, 3.8) is 0 Å². The van der Waals surface area contributed by atoms with E-state index in [2.05, 4.69) is 10.3 Å². The lowest BCUT2D eigenvalue weighted by atomic mass is 10.2. The molecule has 0 atom stereocenters. The fourth-order valence-corrected chi connectivity index (χ4v) is 1.82. The average Bonchev–Trinajstić information content (AvgIpc) is 2.35. The van der Waals surface area contributed by atoms with Crippen LogP contribution in [0.2, 0.25) is 0 Å². The van der Waals surface area contributed by atoms with Gasteiger partial charge in [-0.15, -0.1) is 0 Å². The summed E-state index contributed by atoms with van der Waals surface area (Å²) in [5.41, 5.74) is 2.33. The summed E-state index contributed by atoms with van der Waals surface area (Å²) in [5, 5.41) is 3.13. The molecule has 0 saturated carbocycles. The van der Waals surface area contributed by atoms with E-state index in [0.717, 1.165) is 17.4 Å². The molecule has 0 bridgehead atoms. The van der Waals surface area contributed by atoms with Gasteiger partial charge in [-0.25, -0.2) is 8.78 Å². The number of rotatable bonds is 4. The molecule has 0 unspecified atom stereocenters. The second-order valence-corrected chi connectivity index (χ2v) is 4.42. The van der Waals surface area contributed by atoms with Crippen LogP contribution in [-0.4, -0.2) is 19.1 Å². The quantitative estimate of drug-likeness (QED) is 0.919. The first-order valence-corrected chi connectivity index (χ1v) is 5.86. The Balaban J connectivity index is 2.14. The molecular weight excluding hydrogens is 248 g/mol. The van der Waals surface area contributed by atoms with Gasteiger partial charge in [-0.2, -0.15) is 0 Å². The maximum Gasteiger partial charge on any atom is 0.126 e. The lowest BCUT2D eigenvalue weighted by molar-refractivity contribution is 0.580. The highest BCUT2D eigenvalue weighted by Crippen LogP contribution is 2.23. The molecule has 1 aromatic heterocycles. The summed E-state index contributed by atoms with van der Waals surface area (Å²) < 4.78 is 26.1. The highest BCUT2D eigenvalue weighted by molar-refractivity contribution is 5.68. The fraction of sp³-hybridized carbons (Fsp3) is 0.214. The molecule has 2 rings (SSSR count). The van der Waals surface area contributed by atoms with Crippen molar-refractivity contribution < 1.29 is 8.78 Å². The van der Waals surface area contributed by atoms with Gasteiger partial charge in [0.2, 0.25) is 0 Å². The van der Waals surface area contributed by atoms with Crippen LogP contribution in [0.15, 0.2) is 36.7 Å². The van der Waals surface area contributed by atoms with Crippen molar-refractivity contribution in [2.24, 2.45) is 0 Å². The van der Waals surface area contributed by atoms with Gasteiger partial charge in [0.05, 0.1) is 17.6 Å². The first kappa shape index (κ1) is 13.3. The largest absolute Gasteiger partial charge is 0.378 e. The number of halogens is 2. The second-order valence-electron chi connectivity index (χ2n) is 4.42. The Kier molecular flexibility index (Phi) is 3.94. The van der Waals surface area contributed by atoms with E-state index in [4.69, 9.17) is 0 Å². The van der Waals surface area contributed by atoms with Gasteiger partial charge in [0.1, 0.15) is 11.6 Å². The molecule has 0 amide bonds. The van der Waals surface area contributed by atoms with Crippen molar-refractivity contribution in [3.05, 3.63) is 53.9 Å². The predicted octanol–water partition coefficient (Wildman–Crippen LogP) is 3.04. The summed E-state index contributed by atoms with van der Waals surface area (Å²) in [4.78, 5) is 5.98. The number of nitrogens with zero attached hydrogens (tertiary/aromatic N) is 2. The van der Waals surface area contributed by atoms with Crippen molar-refractivity contribution >= 4 is 11.4 Å². The van der Waals surface area contributed by atoms with Crippen LogP contribution in [0.3, 0.4) is 0 Å². The predicted molar refractivity (Wildman–Crippen MR) is 72.2 cm³/mol. The van der Waals surface area contributed by atoms with Crippen LogP contribution in [-0.2, 0) is 6.54 Å². The number of anilines is 2. The van der Waals surface area contributed by atoms with Gasteiger partial charge >= 0.3 is 0 Å². The lowest BCUT2D eigenvalue weighted by Gasteiger charge is -2.17. The van der Waals surface area contributed by atoms with E-state index in [1.807, 2.05) is 25.1 Å². The van der Waals surface area contributed by atoms with Gasteiger partial charge in [-0.1, -0.05) is 0 Å². The van der Waals surface area contributed by atoms with E-state index >= 15 is 0 Å². The minimum Gasteiger partial charge on any atom is -0.378 e. The third kappa shape index (κ3) is 3.40. The smallest absolute Gasteiger partial charge is 0.126 e. The zero-order valence-corrected chi connectivity index (χ0v) is 10.8. The molecule has 0 aliphatic carbocycles. The minimum atomic E-state index is -0.573. The van der Waals surface area contributed by atoms with Gasteiger partial charge in [0.25, 0.3) is 0 Å². The van der Waals surface area contributed by atoms with E-state index in [0.29, 0.717) is 12.1 Å². The van der Waals surface area contributed by atoms with Gasteiger partial charge in [0.15, 0.2) is 0 Å². The van der Waals surface area contributed by atoms with Gasteiger partial charge in [0, 0.05) is 32.9 Å². The molecule has 1 aromatic carbocycles. The van der Waals surface area contributed by atoms with Crippen LogP contribution in [0.25, 0.3) is 0 Å². The normalized spacial score (nSPS) is 10.3.